The third-order valence-corrected chi connectivity index (χ3v) is 13.2. The number of ether oxygens (including phenoxy) is 1. The van der Waals surface area contributed by atoms with Gasteiger partial charge in [-0.25, -0.2) is 0 Å². The first-order valence-electron chi connectivity index (χ1n) is 13.0. The summed E-state index contributed by atoms with van der Waals surface area (Å²) in [6, 6.07) is 36.8. The van der Waals surface area contributed by atoms with E-state index in [0.29, 0.717) is 25.6 Å². The van der Waals surface area contributed by atoms with Crippen LogP contribution in [-0.2, 0) is 13.3 Å². The van der Waals surface area contributed by atoms with Gasteiger partial charge in [0.1, 0.15) is 28.9 Å². The first kappa shape index (κ1) is 31.0. The SMILES string of the molecule is CCO[Si](COc1ccc(O)cc1[P+](c1ccccc1)(c1ccccc1)c1ccccc1)(OCC)OCC.[Br-]. The molecule has 0 saturated heterocycles. The van der Waals surface area contributed by atoms with Gasteiger partial charge in [0, 0.05) is 25.9 Å². The molecule has 0 amide bonds. The summed E-state index contributed by atoms with van der Waals surface area (Å²) in [6.07, 6.45) is 0.165. The first-order chi connectivity index (χ1) is 18.6. The molecule has 4 aromatic carbocycles. The number of hydrogen-bond donors (Lipinski definition) is 1. The van der Waals surface area contributed by atoms with Gasteiger partial charge in [0.15, 0.2) is 17.3 Å². The van der Waals surface area contributed by atoms with Gasteiger partial charge in [0.25, 0.3) is 0 Å². The number of aromatic hydroxyl groups is 1. The highest BCUT2D eigenvalue weighted by Crippen LogP contribution is 2.56. The summed E-state index contributed by atoms with van der Waals surface area (Å²) in [4.78, 5) is 0. The Labute approximate surface area is 244 Å². The van der Waals surface area contributed by atoms with Crippen molar-refractivity contribution < 1.29 is 40.1 Å². The van der Waals surface area contributed by atoms with Crippen LogP contribution in [0.3, 0.4) is 0 Å². The Morgan fingerprint density at radius 3 is 1.41 bits per heavy atom. The molecule has 0 aliphatic carbocycles. The van der Waals surface area contributed by atoms with Gasteiger partial charge < -0.3 is 40.1 Å². The lowest BCUT2D eigenvalue weighted by Crippen LogP contribution is -3.00. The fraction of sp³-hybridized carbons (Fsp3) is 0.226. The molecular weight excluding hydrogens is 591 g/mol. The molecule has 5 nitrogen and oxygen atoms in total. The van der Waals surface area contributed by atoms with Gasteiger partial charge in [-0.15, -0.1) is 0 Å². The average Bonchev–Trinajstić information content (AvgIpc) is 2.95. The lowest BCUT2D eigenvalue weighted by atomic mass is 10.3. The molecule has 0 heterocycles. The Morgan fingerprint density at radius 1 is 0.615 bits per heavy atom. The quantitative estimate of drug-likeness (QED) is 0.182. The highest BCUT2D eigenvalue weighted by Gasteiger charge is 2.51. The molecule has 0 aromatic heterocycles. The Morgan fingerprint density at radius 2 is 1.03 bits per heavy atom. The van der Waals surface area contributed by atoms with Gasteiger partial charge in [-0.05, 0) is 69.3 Å². The molecule has 4 aromatic rings. The molecule has 206 valence electrons. The number of halogens is 1. The maximum Gasteiger partial charge on any atom is 0.540 e. The summed E-state index contributed by atoms with van der Waals surface area (Å²) in [5.41, 5.74) is 0. The second-order valence-electron chi connectivity index (χ2n) is 8.60. The van der Waals surface area contributed by atoms with Gasteiger partial charge in [-0.1, -0.05) is 54.6 Å². The monoisotopic (exact) mass is 626 g/mol. The van der Waals surface area contributed by atoms with Crippen LogP contribution in [0.1, 0.15) is 20.8 Å². The van der Waals surface area contributed by atoms with E-state index in [1.54, 1.807) is 6.07 Å². The Bertz CT molecular complexity index is 1160. The zero-order chi connectivity index (χ0) is 26.8. The van der Waals surface area contributed by atoms with E-state index in [1.807, 2.05) is 51.1 Å². The van der Waals surface area contributed by atoms with Crippen molar-refractivity contribution in [3.05, 3.63) is 109 Å². The largest absolute Gasteiger partial charge is 1.00 e. The predicted molar refractivity (Wildman–Crippen MR) is 159 cm³/mol. The van der Waals surface area contributed by atoms with Gasteiger partial charge in [0.05, 0.1) is 0 Å². The molecule has 0 atom stereocenters. The van der Waals surface area contributed by atoms with E-state index in [9.17, 15) is 5.11 Å². The number of rotatable bonds is 13. The lowest BCUT2D eigenvalue weighted by molar-refractivity contribution is -0.0000204. The first-order valence-corrected chi connectivity index (χ1v) is 16.8. The van der Waals surface area contributed by atoms with E-state index in [1.165, 1.54) is 0 Å². The molecule has 4 rings (SSSR count). The fourth-order valence-electron chi connectivity index (χ4n) is 4.79. The number of phenolic OH excluding ortho intramolecular Hbond substituents is 1. The third-order valence-electron chi connectivity index (χ3n) is 6.23. The number of phenols is 1. The molecule has 0 aliphatic rings. The minimum atomic E-state index is -3.08. The molecule has 0 spiro atoms. The van der Waals surface area contributed by atoms with E-state index in [0.717, 1.165) is 21.2 Å². The molecule has 0 fully saturated rings. The van der Waals surface area contributed by atoms with Gasteiger partial charge in [0.2, 0.25) is 0 Å². The summed E-state index contributed by atoms with van der Waals surface area (Å²) >= 11 is 0. The van der Waals surface area contributed by atoms with Crippen LogP contribution in [-0.4, -0.2) is 40.0 Å². The molecule has 0 aliphatic heterocycles. The van der Waals surface area contributed by atoms with E-state index >= 15 is 0 Å². The van der Waals surface area contributed by atoms with Gasteiger partial charge >= 0.3 is 8.80 Å². The van der Waals surface area contributed by atoms with Crippen LogP contribution in [0.4, 0.5) is 0 Å². The van der Waals surface area contributed by atoms with Crippen molar-refractivity contribution in [3.8, 4) is 11.5 Å². The predicted octanol–water partition coefficient (Wildman–Crippen LogP) is 1.98. The van der Waals surface area contributed by atoms with Crippen LogP contribution in [0.5, 0.6) is 11.5 Å². The molecule has 0 radical (unpaired) electrons. The average molecular weight is 628 g/mol. The van der Waals surface area contributed by atoms with E-state index in [-0.39, 0.29) is 29.0 Å². The highest BCUT2D eigenvalue weighted by molar-refractivity contribution is 8.01. The molecule has 8 heteroatoms. The van der Waals surface area contributed by atoms with Crippen LogP contribution >= 0.6 is 7.26 Å². The van der Waals surface area contributed by atoms with Crippen molar-refractivity contribution in [1.29, 1.82) is 0 Å². The van der Waals surface area contributed by atoms with Crippen LogP contribution in [0, 0.1) is 0 Å². The molecule has 39 heavy (non-hydrogen) atoms. The number of hydrogen-bond acceptors (Lipinski definition) is 5. The topological polar surface area (TPSA) is 57.2 Å². The number of benzene rings is 4. The van der Waals surface area contributed by atoms with Crippen LogP contribution in [0.15, 0.2) is 109 Å². The van der Waals surface area contributed by atoms with Gasteiger partial charge in [-0.3, -0.25) is 0 Å². The smallest absolute Gasteiger partial charge is 0.540 e. The van der Waals surface area contributed by atoms with Crippen LogP contribution in [0.25, 0.3) is 0 Å². The van der Waals surface area contributed by atoms with Crippen molar-refractivity contribution in [2.24, 2.45) is 0 Å². The summed E-state index contributed by atoms with van der Waals surface area (Å²) in [5, 5.41) is 15.2. The van der Waals surface area contributed by atoms with E-state index < -0.39 is 16.1 Å². The second-order valence-corrected chi connectivity index (χ2v) is 14.5. The molecule has 0 saturated carbocycles. The van der Waals surface area contributed by atoms with Crippen molar-refractivity contribution in [2.75, 3.05) is 26.1 Å². The fourth-order valence-corrected chi connectivity index (χ4v) is 11.3. The molecule has 0 bridgehead atoms. The molecular formula is C31H36BrO5PSi. The van der Waals surface area contributed by atoms with Crippen LogP contribution < -0.4 is 42.9 Å². The molecule has 1 N–H and O–H groups in total. The van der Waals surface area contributed by atoms with E-state index in [4.69, 9.17) is 18.0 Å². The summed E-state index contributed by atoms with van der Waals surface area (Å²) in [6.45, 7) is 7.20. The normalized spacial score (nSPS) is 11.6. The summed E-state index contributed by atoms with van der Waals surface area (Å²) in [7, 11) is -5.57. The standard InChI is InChI=1S/C31H35O5PSi.BrH/c1-4-34-38(35-5-2,36-6-3)25-33-30-23-22-26(32)24-31(30)37(27-16-10-7-11-17-27,28-18-12-8-13-19-28)29-20-14-9-15-21-29;/h7-24H,4-6,25H2,1-3H3;1H. The minimum absolute atomic E-state index is 0. The van der Waals surface area contributed by atoms with Gasteiger partial charge in [-0.2, -0.15) is 0 Å². The van der Waals surface area contributed by atoms with E-state index in [2.05, 4.69) is 72.8 Å². The summed E-state index contributed by atoms with van der Waals surface area (Å²) in [5.74, 6) is 0.853. The maximum absolute atomic E-state index is 10.8. The second kappa shape index (κ2) is 14.8. The summed E-state index contributed by atoms with van der Waals surface area (Å²) < 4.78 is 24.8. The lowest BCUT2D eigenvalue weighted by Gasteiger charge is -2.31. The van der Waals surface area contributed by atoms with Crippen molar-refractivity contribution in [3.63, 3.8) is 0 Å². The van der Waals surface area contributed by atoms with Crippen molar-refractivity contribution >= 4 is 37.3 Å². The minimum Gasteiger partial charge on any atom is -1.00 e. The van der Waals surface area contributed by atoms with Crippen molar-refractivity contribution in [2.45, 2.75) is 20.8 Å². The Kier molecular flexibility index (Phi) is 11.7. The zero-order valence-electron chi connectivity index (χ0n) is 22.6. The maximum atomic E-state index is 10.8. The Balaban J connectivity index is 0.00000420. The zero-order valence-corrected chi connectivity index (χ0v) is 26.1. The third kappa shape index (κ3) is 6.80. The Hall–Kier alpha value is -2.51. The van der Waals surface area contributed by atoms with Crippen LogP contribution in [0.2, 0.25) is 0 Å². The van der Waals surface area contributed by atoms with Crippen molar-refractivity contribution in [1.82, 2.24) is 0 Å². The molecule has 0 unspecified atom stereocenters. The highest BCUT2D eigenvalue weighted by atomic mass is 79.9.